The highest BCUT2D eigenvalue weighted by molar-refractivity contribution is 7.89. The Morgan fingerprint density at radius 2 is 1.83 bits per heavy atom. The normalized spacial score (nSPS) is 18.7. The SMILES string of the molecule is CN(C)S(=O)(=O)c1cc(C(=O)N2CCC[C@H]2c2ccc3c(c2)OCCO3)ccc1Cl. The molecule has 160 valence electrons. The van der Waals surface area contributed by atoms with Crippen molar-refractivity contribution in [3.05, 3.63) is 52.5 Å². The summed E-state index contributed by atoms with van der Waals surface area (Å²) in [7, 11) is -0.905. The smallest absolute Gasteiger partial charge is 0.254 e. The summed E-state index contributed by atoms with van der Waals surface area (Å²) in [6, 6.07) is 10.0. The molecule has 2 aromatic carbocycles. The fourth-order valence-electron chi connectivity index (χ4n) is 3.82. The second-order valence-corrected chi connectivity index (χ2v) is 10.0. The molecule has 0 spiro atoms. The van der Waals surface area contributed by atoms with Gasteiger partial charge in [-0.05, 0) is 48.7 Å². The fraction of sp³-hybridized carbons (Fsp3) is 0.381. The summed E-state index contributed by atoms with van der Waals surface area (Å²) in [5.41, 5.74) is 1.27. The molecule has 0 saturated carbocycles. The highest BCUT2D eigenvalue weighted by Crippen LogP contribution is 2.39. The van der Waals surface area contributed by atoms with Crippen molar-refractivity contribution in [2.24, 2.45) is 0 Å². The monoisotopic (exact) mass is 450 g/mol. The van der Waals surface area contributed by atoms with Crippen molar-refractivity contribution >= 4 is 27.5 Å². The number of rotatable bonds is 4. The summed E-state index contributed by atoms with van der Waals surface area (Å²) in [5.74, 6) is 1.17. The maximum atomic E-state index is 13.3. The number of halogens is 1. The van der Waals surface area contributed by atoms with Crippen LogP contribution in [0.5, 0.6) is 11.5 Å². The van der Waals surface area contributed by atoms with E-state index >= 15 is 0 Å². The van der Waals surface area contributed by atoms with Gasteiger partial charge in [0.2, 0.25) is 10.0 Å². The Morgan fingerprint density at radius 1 is 1.10 bits per heavy atom. The van der Waals surface area contributed by atoms with Gasteiger partial charge in [-0.25, -0.2) is 12.7 Å². The second kappa shape index (κ2) is 8.09. The van der Waals surface area contributed by atoms with Crippen LogP contribution < -0.4 is 9.47 Å². The Balaban J connectivity index is 1.65. The highest BCUT2D eigenvalue weighted by atomic mass is 35.5. The molecule has 0 radical (unpaired) electrons. The van der Waals surface area contributed by atoms with Crippen LogP contribution >= 0.6 is 11.6 Å². The minimum absolute atomic E-state index is 0.0740. The number of fused-ring (bicyclic) bond motifs is 1. The van der Waals surface area contributed by atoms with Crippen LogP contribution in [0.1, 0.15) is 34.8 Å². The molecule has 0 N–H and O–H groups in total. The summed E-state index contributed by atoms with van der Waals surface area (Å²) < 4.78 is 37.5. The number of amides is 1. The first-order valence-corrected chi connectivity index (χ1v) is 11.5. The van der Waals surface area contributed by atoms with Crippen molar-refractivity contribution in [1.82, 2.24) is 9.21 Å². The molecule has 1 saturated heterocycles. The van der Waals surface area contributed by atoms with Crippen LogP contribution in [0, 0.1) is 0 Å². The van der Waals surface area contributed by atoms with Crippen molar-refractivity contribution in [1.29, 1.82) is 0 Å². The quantitative estimate of drug-likeness (QED) is 0.714. The van der Waals surface area contributed by atoms with E-state index in [1.54, 1.807) is 11.0 Å². The van der Waals surface area contributed by atoms with Gasteiger partial charge in [-0.1, -0.05) is 17.7 Å². The lowest BCUT2D eigenvalue weighted by molar-refractivity contribution is 0.0735. The van der Waals surface area contributed by atoms with Gasteiger partial charge in [-0.2, -0.15) is 0 Å². The summed E-state index contributed by atoms with van der Waals surface area (Å²) in [5, 5.41) is 0.0880. The zero-order chi connectivity index (χ0) is 21.5. The number of carbonyl (C=O) groups is 1. The van der Waals surface area contributed by atoms with E-state index in [2.05, 4.69) is 0 Å². The minimum Gasteiger partial charge on any atom is -0.486 e. The van der Waals surface area contributed by atoms with Crippen molar-refractivity contribution in [2.75, 3.05) is 33.9 Å². The van der Waals surface area contributed by atoms with E-state index < -0.39 is 10.0 Å². The minimum atomic E-state index is -3.76. The van der Waals surface area contributed by atoms with Crippen LogP contribution in [-0.4, -0.2) is 57.4 Å². The highest BCUT2D eigenvalue weighted by Gasteiger charge is 2.32. The van der Waals surface area contributed by atoms with E-state index in [1.165, 1.54) is 26.2 Å². The average Bonchev–Trinajstić information content (AvgIpc) is 3.23. The molecule has 0 aromatic heterocycles. The first-order valence-electron chi connectivity index (χ1n) is 9.71. The van der Waals surface area contributed by atoms with E-state index in [-0.39, 0.29) is 21.9 Å². The average molecular weight is 451 g/mol. The van der Waals surface area contributed by atoms with Gasteiger partial charge in [-0.3, -0.25) is 4.79 Å². The largest absolute Gasteiger partial charge is 0.486 e. The Bertz CT molecular complexity index is 1090. The summed E-state index contributed by atoms with van der Waals surface area (Å²) in [4.78, 5) is 15.0. The third-order valence-corrected chi connectivity index (χ3v) is 7.70. The molecule has 4 rings (SSSR count). The molecule has 30 heavy (non-hydrogen) atoms. The van der Waals surface area contributed by atoms with Crippen LogP contribution in [0.4, 0.5) is 0 Å². The summed E-state index contributed by atoms with van der Waals surface area (Å²) >= 11 is 6.12. The zero-order valence-electron chi connectivity index (χ0n) is 16.8. The molecule has 9 heteroatoms. The van der Waals surface area contributed by atoms with Gasteiger partial charge in [0.05, 0.1) is 11.1 Å². The lowest BCUT2D eigenvalue weighted by Gasteiger charge is -2.27. The molecule has 0 bridgehead atoms. The van der Waals surface area contributed by atoms with Gasteiger partial charge >= 0.3 is 0 Å². The Kier molecular flexibility index (Phi) is 5.65. The molecule has 7 nitrogen and oxygen atoms in total. The van der Waals surface area contributed by atoms with E-state index in [9.17, 15) is 13.2 Å². The van der Waals surface area contributed by atoms with Gasteiger partial charge in [0, 0.05) is 26.2 Å². The number of nitrogens with zero attached hydrogens (tertiary/aromatic N) is 2. The number of hydrogen-bond acceptors (Lipinski definition) is 5. The molecular weight excluding hydrogens is 428 g/mol. The molecule has 2 aromatic rings. The van der Waals surface area contributed by atoms with Crippen molar-refractivity contribution in [2.45, 2.75) is 23.8 Å². The van der Waals surface area contributed by atoms with E-state index in [4.69, 9.17) is 21.1 Å². The number of ether oxygens (including phenoxy) is 2. The van der Waals surface area contributed by atoms with E-state index in [0.717, 1.165) is 22.7 Å². The Hall–Kier alpha value is -2.29. The van der Waals surface area contributed by atoms with Crippen LogP contribution in [-0.2, 0) is 10.0 Å². The molecule has 1 amide bonds. The number of carbonyl (C=O) groups excluding carboxylic acids is 1. The number of sulfonamides is 1. The molecule has 0 unspecified atom stereocenters. The third kappa shape index (κ3) is 3.75. The zero-order valence-corrected chi connectivity index (χ0v) is 18.4. The standard InChI is InChI=1S/C21H23ClN2O5S/c1-23(2)30(26,27)20-13-15(5-7-16(20)22)21(25)24-9-3-4-17(24)14-6-8-18-19(12-14)29-11-10-28-18/h5-8,12-13,17H,3-4,9-11H2,1-2H3/t17-/m0/s1. The Labute approximate surface area is 181 Å². The summed E-state index contributed by atoms with van der Waals surface area (Å²) in [6.07, 6.45) is 1.68. The first-order chi connectivity index (χ1) is 14.3. The predicted octanol–water partition coefficient (Wildman–Crippen LogP) is 3.34. The molecule has 1 atom stereocenters. The van der Waals surface area contributed by atoms with Crippen LogP contribution in [0.15, 0.2) is 41.3 Å². The van der Waals surface area contributed by atoms with Crippen molar-refractivity contribution in [3.63, 3.8) is 0 Å². The van der Waals surface area contributed by atoms with Gasteiger partial charge in [0.15, 0.2) is 11.5 Å². The van der Waals surface area contributed by atoms with Gasteiger partial charge in [-0.15, -0.1) is 0 Å². The lowest BCUT2D eigenvalue weighted by Crippen LogP contribution is -2.31. The molecule has 2 aliphatic rings. The second-order valence-electron chi connectivity index (χ2n) is 7.49. The maximum Gasteiger partial charge on any atom is 0.254 e. The van der Waals surface area contributed by atoms with Gasteiger partial charge in [0.25, 0.3) is 5.91 Å². The number of likely N-dealkylation sites (tertiary alicyclic amines) is 1. The molecule has 0 aliphatic carbocycles. The van der Waals surface area contributed by atoms with E-state index in [0.29, 0.717) is 36.8 Å². The van der Waals surface area contributed by atoms with Gasteiger partial charge < -0.3 is 14.4 Å². The van der Waals surface area contributed by atoms with Crippen molar-refractivity contribution in [3.8, 4) is 11.5 Å². The van der Waals surface area contributed by atoms with Crippen LogP contribution in [0.2, 0.25) is 5.02 Å². The number of benzene rings is 2. The molecule has 2 aliphatic heterocycles. The van der Waals surface area contributed by atoms with Crippen LogP contribution in [0.25, 0.3) is 0 Å². The van der Waals surface area contributed by atoms with Crippen LogP contribution in [0.3, 0.4) is 0 Å². The third-order valence-electron chi connectivity index (χ3n) is 5.40. The molecule has 1 fully saturated rings. The Morgan fingerprint density at radius 3 is 2.57 bits per heavy atom. The lowest BCUT2D eigenvalue weighted by atomic mass is 10.0. The number of hydrogen-bond donors (Lipinski definition) is 0. The maximum absolute atomic E-state index is 13.3. The predicted molar refractivity (Wildman–Crippen MR) is 113 cm³/mol. The fourth-order valence-corrected chi connectivity index (χ4v) is 5.21. The van der Waals surface area contributed by atoms with Crippen molar-refractivity contribution < 1.29 is 22.7 Å². The first kappa shape index (κ1) is 21.0. The topological polar surface area (TPSA) is 76.2 Å². The van der Waals surface area contributed by atoms with E-state index in [1.807, 2.05) is 18.2 Å². The molecular formula is C21H23ClN2O5S. The van der Waals surface area contributed by atoms with Gasteiger partial charge in [0.1, 0.15) is 18.1 Å². The summed E-state index contributed by atoms with van der Waals surface area (Å²) in [6.45, 7) is 1.61. The molecule has 2 heterocycles.